The van der Waals surface area contributed by atoms with Gasteiger partial charge in [0.2, 0.25) is 5.91 Å². The number of ether oxygens (including phenoxy) is 1. The zero-order valence-electron chi connectivity index (χ0n) is 9.94. The molecule has 0 aromatic heterocycles. The smallest absolute Gasteiger partial charge is 0.307 e. The Balaban J connectivity index is 2.25. The number of thioether (sulfide) groups is 1. The Labute approximate surface area is 115 Å². The normalized spacial score (nSPS) is 9.89. The summed E-state index contributed by atoms with van der Waals surface area (Å²) in [7, 11) is 1.32. The third-order valence-electron chi connectivity index (χ3n) is 2.07. The Morgan fingerprint density at radius 2 is 2.11 bits per heavy atom. The Morgan fingerprint density at radius 3 is 2.78 bits per heavy atom. The number of carbonyl (C=O) groups is 2. The number of carbonyl (C=O) groups excluding carboxylic acids is 2. The molecule has 0 saturated carbocycles. The van der Waals surface area contributed by atoms with Crippen molar-refractivity contribution >= 4 is 35.2 Å². The van der Waals surface area contributed by atoms with Crippen LogP contribution in [-0.2, 0) is 14.3 Å². The molecule has 0 radical (unpaired) electrons. The predicted octanol–water partition coefficient (Wildman–Crippen LogP) is 2.11. The van der Waals surface area contributed by atoms with Gasteiger partial charge >= 0.3 is 5.97 Å². The van der Waals surface area contributed by atoms with E-state index in [1.165, 1.54) is 18.9 Å². The SMILES string of the molecule is COC(=O)CCNC(=O)CSc1ccccc1Cl. The van der Waals surface area contributed by atoms with Gasteiger partial charge in [0.1, 0.15) is 0 Å². The van der Waals surface area contributed by atoms with Crippen LogP contribution in [0, 0.1) is 0 Å². The highest BCUT2D eigenvalue weighted by atomic mass is 35.5. The zero-order chi connectivity index (χ0) is 13.4. The Hall–Kier alpha value is -1.20. The first-order valence-corrected chi connectivity index (χ1v) is 6.70. The number of rotatable bonds is 6. The molecule has 0 bridgehead atoms. The van der Waals surface area contributed by atoms with Crippen molar-refractivity contribution in [1.29, 1.82) is 0 Å². The van der Waals surface area contributed by atoms with E-state index in [-0.39, 0.29) is 30.6 Å². The van der Waals surface area contributed by atoms with Crippen molar-refractivity contribution in [3.63, 3.8) is 0 Å². The van der Waals surface area contributed by atoms with Gasteiger partial charge in [-0.2, -0.15) is 0 Å². The minimum atomic E-state index is -0.339. The average molecular weight is 288 g/mol. The number of methoxy groups -OCH3 is 1. The molecule has 18 heavy (non-hydrogen) atoms. The topological polar surface area (TPSA) is 55.4 Å². The maximum absolute atomic E-state index is 11.5. The van der Waals surface area contributed by atoms with Gasteiger partial charge in [0.25, 0.3) is 0 Å². The molecule has 0 heterocycles. The van der Waals surface area contributed by atoms with Crippen molar-refractivity contribution in [3.8, 4) is 0 Å². The summed E-state index contributed by atoms with van der Waals surface area (Å²) in [6.45, 7) is 0.286. The molecule has 1 rings (SSSR count). The van der Waals surface area contributed by atoms with Crippen LogP contribution in [0.5, 0.6) is 0 Å². The van der Waals surface area contributed by atoms with Crippen molar-refractivity contribution in [3.05, 3.63) is 29.3 Å². The molecule has 1 amide bonds. The van der Waals surface area contributed by atoms with Gasteiger partial charge in [0.05, 0.1) is 24.3 Å². The molecule has 1 N–H and O–H groups in total. The molecule has 0 fully saturated rings. The van der Waals surface area contributed by atoms with Crippen LogP contribution in [0.4, 0.5) is 0 Å². The molecule has 0 aliphatic rings. The van der Waals surface area contributed by atoms with E-state index in [0.29, 0.717) is 5.02 Å². The van der Waals surface area contributed by atoms with Gasteiger partial charge in [0.15, 0.2) is 0 Å². The van der Waals surface area contributed by atoms with E-state index in [1.54, 1.807) is 6.07 Å². The molecule has 0 unspecified atom stereocenters. The van der Waals surface area contributed by atoms with Crippen LogP contribution >= 0.6 is 23.4 Å². The number of amides is 1. The summed E-state index contributed by atoms with van der Waals surface area (Å²) < 4.78 is 4.46. The first-order chi connectivity index (χ1) is 8.63. The number of hydrogen-bond donors (Lipinski definition) is 1. The van der Waals surface area contributed by atoms with Gasteiger partial charge in [-0.05, 0) is 12.1 Å². The molecule has 1 aromatic rings. The van der Waals surface area contributed by atoms with Crippen LogP contribution in [0.2, 0.25) is 5.02 Å². The van der Waals surface area contributed by atoms with Crippen molar-refractivity contribution in [2.75, 3.05) is 19.4 Å². The fourth-order valence-corrected chi connectivity index (χ4v) is 2.23. The lowest BCUT2D eigenvalue weighted by Gasteiger charge is -2.05. The van der Waals surface area contributed by atoms with Gasteiger partial charge in [0, 0.05) is 11.4 Å². The minimum Gasteiger partial charge on any atom is -0.469 e. The van der Waals surface area contributed by atoms with Crippen molar-refractivity contribution < 1.29 is 14.3 Å². The van der Waals surface area contributed by atoms with Crippen LogP contribution in [0.15, 0.2) is 29.2 Å². The summed E-state index contributed by atoms with van der Waals surface area (Å²) in [6, 6.07) is 7.33. The summed E-state index contributed by atoms with van der Waals surface area (Å²) in [5.74, 6) is -0.205. The first-order valence-electron chi connectivity index (χ1n) is 5.34. The third kappa shape index (κ3) is 5.42. The van der Waals surface area contributed by atoms with E-state index in [2.05, 4.69) is 10.1 Å². The highest BCUT2D eigenvalue weighted by molar-refractivity contribution is 8.00. The fraction of sp³-hybridized carbons (Fsp3) is 0.333. The van der Waals surface area contributed by atoms with E-state index >= 15 is 0 Å². The molecule has 0 saturated heterocycles. The van der Waals surface area contributed by atoms with Gasteiger partial charge < -0.3 is 10.1 Å². The molecular weight excluding hydrogens is 274 g/mol. The van der Waals surface area contributed by atoms with Crippen LogP contribution in [-0.4, -0.2) is 31.3 Å². The van der Waals surface area contributed by atoms with Crippen LogP contribution in [0.1, 0.15) is 6.42 Å². The number of benzene rings is 1. The first kappa shape index (κ1) is 14.9. The van der Waals surface area contributed by atoms with E-state index < -0.39 is 0 Å². The molecule has 4 nitrogen and oxygen atoms in total. The summed E-state index contributed by atoms with van der Waals surface area (Å²) >= 11 is 7.32. The lowest BCUT2D eigenvalue weighted by atomic mass is 10.4. The van der Waals surface area contributed by atoms with Crippen LogP contribution in [0.25, 0.3) is 0 Å². The quantitative estimate of drug-likeness (QED) is 0.643. The zero-order valence-corrected chi connectivity index (χ0v) is 11.5. The number of esters is 1. The number of hydrogen-bond acceptors (Lipinski definition) is 4. The molecule has 0 spiro atoms. The molecule has 1 aromatic carbocycles. The van der Waals surface area contributed by atoms with Crippen LogP contribution in [0.3, 0.4) is 0 Å². The minimum absolute atomic E-state index is 0.135. The number of halogens is 1. The lowest BCUT2D eigenvalue weighted by Crippen LogP contribution is -2.27. The largest absolute Gasteiger partial charge is 0.469 e. The van der Waals surface area contributed by atoms with Gasteiger partial charge in [-0.15, -0.1) is 11.8 Å². The standard InChI is InChI=1S/C12H14ClNO3S/c1-17-12(16)6-7-14-11(15)8-18-10-5-3-2-4-9(10)13/h2-5H,6-8H2,1H3,(H,14,15). The van der Waals surface area contributed by atoms with E-state index in [9.17, 15) is 9.59 Å². The summed E-state index contributed by atoms with van der Waals surface area (Å²) in [5, 5.41) is 3.26. The Kier molecular flexibility index (Phi) is 6.60. The van der Waals surface area contributed by atoms with E-state index in [4.69, 9.17) is 11.6 Å². The monoisotopic (exact) mass is 287 g/mol. The highest BCUT2D eigenvalue weighted by Crippen LogP contribution is 2.26. The van der Waals surface area contributed by atoms with Gasteiger partial charge in [-0.1, -0.05) is 23.7 Å². The molecule has 98 valence electrons. The van der Waals surface area contributed by atoms with Crippen molar-refractivity contribution in [1.82, 2.24) is 5.32 Å². The molecule has 6 heteroatoms. The molecule has 0 aliphatic heterocycles. The van der Waals surface area contributed by atoms with Gasteiger partial charge in [-0.25, -0.2) is 0 Å². The second-order valence-electron chi connectivity index (χ2n) is 3.40. The van der Waals surface area contributed by atoms with Crippen LogP contribution < -0.4 is 5.32 Å². The van der Waals surface area contributed by atoms with Crippen molar-refractivity contribution in [2.24, 2.45) is 0 Å². The van der Waals surface area contributed by atoms with E-state index in [0.717, 1.165) is 4.90 Å². The fourth-order valence-electron chi connectivity index (χ4n) is 1.16. The Bertz CT molecular complexity index is 426. The molecule has 0 aliphatic carbocycles. The summed E-state index contributed by atoms with van der Waals surface area (Å²) in [5.41, 5.74) is 0. The maximum Gasteiger partial charge on any atom is 0.307 e. The summed E-state index contributed by atoms with van der Waals surface area (Å²) in [6.07, 6.45) is 0.180. The van der Waals surface area contributed by atoms with E-state index in [1.807, 2.05) is 18.2 Å². The third-order valence-corrected chi connectivity index (χ3v) is 3.59. The predicted molar refractivity (Wildman–Crippen MR) is 71.8 cm³/mol. The average Bonchev–Trinajstić information content (AvgIpc) is 2.37. The maximum atomic E-state index is 11.5. The second kappa shape index (κ2) is 8.00. The van der Waals surface area contributed by atoms with Crippen molar-refractivity contribution in [2.45, 2.75) is 11.3 Å². The molecule has 0 atom stereocenters. The van der Waals surface area contributed by atoms with Gasteiger partial charge in [-0.3, -0.25) is 9.59 Å². The second-order valence-corrected chi connectivity index (χ2v) is 4.82. The summed E-state index contributed by atoms with van der Waals surface area (Å²) in [4.78, 5) is 23.2. The number of nitrogens with one attached hydrogen (secondary N) is 1. The highest BCUT2D eigenvalue weighted by Gasteiger charge is 2.06. The Morgan fingerprint density at radius 1 is 1.39 bits per heavy atom. The molecular formula is C12H14ClNO3S. The lowest BCUT2D eigenvalue weighted by molar-refractivity contribution is -0.140.